The molecular weight excluding hydrogens is 377 g/mol. The number of aromatic nitrogens is 1. The lowest BCUT2D eigenvalue weighted by atomic mass is 10.0. The topological polar surface area (TPSA) is 55.7 Å². The first-order valence-corrected chi connectivity index (χ1v) is 13.0. The van der Waals surface area contributed by atoms with Gasteiger partial charge in [-0.2, -0.15) is 0 Å². The Morgan fingerprint density at radius 2 is 2.04 bits per heavy atom. The van der Waals surface area contributed by atoms with Crippen LogP contribution >= 0.6 is 10.0 Å². The average Bonchev–Trinajstić information content (AvgIpc) is 2.72. The molecule has 162 valence electrons. The van der Waals surface area contributed by atoms with Crippen molar-refractivity contribution in [2.24, 2.45) is 10.9 Å². The molecule has 1 aliphatic rings. The zero-order valence-electron chi connectivity index (χ0n) is 18.4. The Hall–Kier alpha value is -1.18. The van der Waals surface area contributed by atoms with Crippen LogP contribution in [0.2, 0.25) is 0 Å². The van der Waals surface area contributed by atoms with Crippen molar-refractivity contribution in [3.8, 4) is 0 Å². The third kappa shape index (κ3) is 8.45. The summed E-state index contributed by atoms with van der Waals surface area (Å²) in [5.41, 5.74) is 1.06. The molecule has 1 aromatic heterocycles. The van der Waals surface area contributed by atoms with E-state index in [9.17, 15) is 4.39 Å². The third-order valence-corrected chi connectivity index (χ3v) is 7.66. The number of pyridine rings is 1. The standard InChI is InChI=1S/C19H32FN3O2S.C2H6/c1-5-26(3,4)11-10-25-14-23-19-18(15(2)17(20)13-22-19)21-12-16-6-8-24-9-7-16;1-2/h12-13,16H,5-11,14H2,1-4H3,(H,22,23);1-2H3. The maximum Gasteiger partial charge on any atom is 0.154 e. The van der Waals surface area contributed by atoms with Gasteiger partial charge in [-0.25, -0.2) is 19.4 Å². The summed E-state index contributed by atoms with van der Waals surface area (Å²) >= 11 is 0. The van der Waals surface area contributed by atoms with Crippen molar-refractivity contribution in [2.75, 3.05) is 55.9 Å². The predicted octanol–water partition coefficient (Wildman–Crippen LogP) is 5.15. The van der Waals surface area contributed by atoms with Crippen LogP contribution in [0.4, 0.5) is 15.9 Å². The lowest BCUT2D eigenvalue weighted by molar-refractivity contribution is 0.0838. The van der Waals surface area contributed by atoms with Gasteiger partial charge in [-0.3, -0.25) is 4.99 Å². The second-order valence-electron chi connectivity index (χ2n) is 7.15. The lowest BCUT2D eigenvalue weighted by Crippen LogP contribution is -2.16. The summed E-state index contributed by atoms with van der Waals surface area (Å²) in [7, 11) is -0.558. The van der Waals surface area contributed by atoms with Crippen molar-refractivity contribution >= 4 is 27.7 Å². The van der Waals surface area contributed by atoms with Crippen LogP contribution in [0.25, 0.3) is 0 Å². The first kappa shape index (κ1) is 24.9. The van der Waals surface area contributed by atoms with Crippen LogP contribution in [-0.4, -0.2) is 61.8 Å². The minimum Gasteiger partial charge on any atom is -0.381 e. The molecule has 5 nitrogen and oxygen atoms in total. The van der Waals surface area contributed by atoms with Gasteiger partial charge in [-0.1, -0.05) is 20.8 Å². The van der Waals surface area contributed by atoms with Gasteiger partial charge in [-0.15, -0.1) is 0 Å². The number of halogens is 1. The van der Waals surface area contributed by atoms with Crippen LogP contribution in [-0.2, 0) is 9.47 Å². The lowest BCUT2D eigenvalue weighted by Gasteiger charge is -2.29. The van der Waals surface area contributed by atoms with Crippen LogP contribution in [0, 0.1) is 18.7 Å². The fourth-order valence-corrected chi connectivity index (χ4v) is 3.38. The third-order valence-electron chi connectivity index (χ3n) is 4.83. The van der Waals surface area contributed by atoms with Crippen LogP contribution in [0.5, 0.6) is 0 Å². The molecule has 0 unspecified atom stereocenters. The van der Waals surface area contributed by atoms with Crippen molar-refractivity contribution in [2.45, 2.75) is 40.5 Å². The monoisotopic (exact) mass is 415 g/mol. The first-order chi connectivity index (χ1) is 13.4. The van der Waals surface area contributed by atoms with E-state index in [-0.39, 0.29) is 5.82 Å². The van der Waals surface area contributed by atoms with E-state index in [1.165, 1.54) is 11.9 Å². The Kier molecular flexibility index (Phi) is 11.6. The second-order valence-corrected chi connectivity index (χ2v) is 11.7. The molecule has 2 heterocycles. The molecule has 7 heteroatoms. The Balaban J connectivity index is 0.00000190. The van der Waals surface area contributed by atoms with E-state index in [0.29, 0.717) is 36.3 Å². The van der Waals surface area contributed by atoms with Gasteiger partial charge in [0.15, 0.2) is 5.82 Å². The smallest absolute Gasteiger partial charge is 0.154 e. The predicted molar refractivity (Wildman–Crippen MR) is 121 cm³/mol. The molecule has 0 radical (unpaired) electrons. The summed E-state index contributed by atoms with van der Waals surface area (Å²) in [4.78, 5) is 8.71. The molecule has 1 aliphatic heterocycles. The van der Waals surface area contributed by atoms with E-state index in [1.54, 1.807) is 6.92 Å². The molecule has 0 amide bonds. The molecule has 0 aliphatic carbocycles. The van der Waals surface area contributed by atoms with Gasteiger partial charge in [0.25, 0.3) is 0 Å². The van der Waals surface area contributed by atoms with Crippen molar-refractivity contribution in [1.82, 2.24) is 4.98 Å². The molecule has 0 saturated carbocycles. The van der Waals surface area contributed by atoms with Crippen molar-refractivity contribution in [3.05, 3.63) is 17.6 Å². The minimum atomic E-state index is -0.558. The number of anilines is 1. The summed E-state index contributed by atoms with van der Waals surface area (Å²) in [5.74, 6) is 2.87. The van der Waals surface area contributed by atoms with Crippen LogP contribution < -0.4 is 5.32 Å². The van der Waals surface area contributed by atoms with Gasteiger partial charge in [0, 0.05) is 30.7 Å². The summed E-state index contributed by atoms with van der Waals surface area (Å²) < 4.78 is 25.0. The molecule has 28 heavy (non-hydrogen) atoms. The largest absolute Gasteiger partial charge is 0.381 e. The van der Waals surface area contributed by atoms with E-state index in [0.717, 1.165) is 31.8 Å². The summed E-state index contributed by atoms with van der Waals surface area (Å²) in [6, 6.07) is 0. The number of nitrogens with one attached hydrogen (secondary N) is 1. The van der Waals surface area contributed by atoms with Crippen molar-refractivity contribution in [1.29, 1.82) is 0 Å². The SMILES string of the molecule is CC.CCS(C)(C)CCOCNc1ncc(F)c(C)c1N=CC1CCOCC1. The van der Waals surface area contributed by atoms with Gasteiger partial charge < -0.3 is 14.8 Å². The molecule has 1 saturated heterocycles. The van der Waals surface area contributed by atoms with Gasteiger partial charge in [0.05, 0.1) is 12.8 Å². The zero-order chi connectivity index (χ0) is 21.0. The highest BCUT2D eigenvalue weighted by atomic mass is 32.3. The van der Waals surface area contributed by atoms with Crippen molar-refractivity contribution < 1.29 is 13.9 Å². The minimum absolute atomic E-state index is 0.344. The number of hydrogen-bond donors (Lipinski definition) is 1. The van der Waals surface area contributed by atoms with E-state index < -0.39 is 10.0 Å². The summed E-state index contributed by atoms with van der Waals surface area (Å²) in [6.45, 7) is 10.5. The molecule has 0 spiro atoms. The van der Waals surface area contributed by atoms with Gasteiger partial charge in [0.1, 0.15) is 18.2 Å². The second kappa shape index (κ2) is 13.1. The highest BCUT2D eigenvalue weighted by molar-refractivity contribution is 8.32. The average molecular weight is 416 g/mol. The van der Waals surface area contributed by atoms with E-state index in [1.807, 2.05) is 20.1 Å². The van der Waals surface area contributed by atoms with Crippen molar-refractivity contribution in [3.63, 3.8) is 0 Å². The van der Waals surface area contributed by atoms with Gasteiger partial charge in [-0.05, 0) is 43.9 Å². The molecule has 0 aromatic carbocycles. The van der Waals surface area contributed by atoms with Gasteiger partial charge in [0.2, 0.25) is 0 Å². The zero-order valence-corrected chi connectivity index (χ0v) is 19.2. The number of aliphatic imine (C=N–C) groups is 1. The highest BCUT2D eigenvalue weighted by Gasteiger charge is 2.14. The highest BCUT2D eigenvalue weighted by Crippen LogP contribution is 2.38. The molecular formula is C21H38FN3O2S. The summed E-state index contributed by atoms with van der Waals surface area (Å²) in [5, 5.41) is 3.14. The molecule has 1 N–H and O–H groups in total. The van der Waals surface area contributed by atoms with E-state index in [4.69, 9.17) is 9.47 Å². The quantitative estimate of drug-likeness (QED) is 0.344. The maximum atomic E-state index is 13.9. The normalized spacial score (nSPS) is 16.0. The maximum absolute atomic E-state index is 13.9. The van der Waals surface area contributed by atoms with Crippen LogP contribution in [0.3, 0.4) is 0 Å². The van der Waals surface area contributed by atoms with Gasteiger partial charge >= 0.3 is 0 Å². The van der Waals surface area contributed by atoms with E-state index >= 15 is 0 Å². The Morgan fingerprint density at radius 1 is 1.36 bits per heavy atom. The molecule has 0 atom stereocenters. The van der Waals surface area contributed by atoms with Crippen LogP contribution in [0.15, 0.2) is 11.2 Å². The number of ether oxygens (including phenoxy) is 2. The fraction of sp³-hybridized carbons (Fsp3) is 0.714. The number of hydrogen-bond acceptors (Lipinski definition) is 5. The molecule has 0 bridgehead atoms. The van der Waals surface area contributed by atoms with Crippen LogP contribution in [0.1, 0.15) is 39.2 Å². The summed E-state index contributed by atoms with van der Waals surface area (Å²) in [6.07, 6.45) is 9.68. The fourth-order valence-electron chi connectivity index (χ4n) is 2.52. The first-order valence-electron chi connectivity index (χ1n) is 10.2. The Labute approximate surface area is 171 Å². The Bertz CT molecular complexity index is 606. The van der Waals surface area contributed by atoms with E-state index in [2.05, 4.69) is 34.7 Å². The Morgan fingerprint density at radius 3 is 2.68 bits per heavy atom. The molecule has 1 aromatic rings. The number of rotatable bonds is 9. The molecule has 1 fully saturated rings. The number of nitrogens with zero attached hydrogens (tertiary/aromatic N) is 2. The molecule has 2 rings (SSSR count).